The Morgan fingerprint density at radius 2 is 1.95 bits per heavy atom. The molecule has 2 heterocycles. The van der Waals surface area contributed by atoms with E-state index in [9.17, 15) is 0 Å². The van der Waals surface area contributed by atoms with Gasteiger partial charge in [0.25, 0.3) is 0 Å². The van der Waals surface area contributed by atoms with E-state index in [1.807, 2.05) is 24.3 Å². The molecular formula is C15H13ClN4O. The zero-order valence-corrected chi connectivity index (χ0v) is 11.9. The molecule has 5 nitrogen and oxygen atoms in total. The largest absolute Gasteiger partial charge is 0.399 e. The molecule has 6 heteroatoms. The number of hydrogen-bond donors (Lipinski definition) is 1. The molecule has 3 aromatic rings. The van der Waals surface area contributed by atoms with Crippen LogP contribution in [-0.4, -0.2) is 15.1 Å². The zero-order valence-electron chi connectivity index (χ0n) is 11.2. The van der Waals surface area contributed by atoms with Crippen LogP contribution >= 0.6 is 11.6 Å². The van der Waals surface area contributed by atoms with Crippen LogP contribution < -0.4 is 5.73 Å². The Morgan fingerprint density at radius 3 is 2.71 bits per heavy atom. The average Bonchev–Trinajstić information content (AvgIpc) is 2.96. The van der Waals surface area contributed by atoms with E-state index < -0.39 is 0 Å². The minimum Gasteiger partial charge on any atom is -0.399 e. The summed E-state index contributed by atoms with van der Waals surface area (Å²) in [7, 11) is 0. The average molecular weight is 301 g/mol. The molecule has 0 radical (unpaired) electrons. The molecule has 0 aliphatic carbocycles. The van der Waals surface area contributed by atoms with Crippen LogP contribution in [0.1, 0.15) is 11.5 Å². The number of aromatic nitrogens is 3. The van der Waals surface area contributed by atoms with Crippen molar-refractivity contribution in [1.82, 2.24) is 15.1 Å². The third-order valence-corrected chi connectivity index (χ3v) is 3.31. The maximum atomic E-state index is 5.91. The van der Waals surface area contributed by atoms with E-state index in [-0.39, 0.29) is 0 Å². The first-order valence-corrected chi connectivity index (χ1v) is 6.88. The van der Waals surface area contributed by atoms with E-state index in [0.29, 0.717) is 28.9 Å². The number of benzene rings is 1. The fraction of sp³-hybridized carbons (Fsp3) is 0.133. The first-order valence-electron chi connectivity index (χ1n) is 6.50. The summed E-state index contributed by atoms with van der Waals surface area (Å²) in [5.41, 5.74) is 8.38. The molecule has 0 aliphatic rings. The van der Waals surface area contributed by atoms with Gasteiger partial charge in [-0.3, -0.25) is 4.98 Å². The summed E-state index contributed by atoms with van der Waals surface area (Å²) in [4.78, 5) is 8.49. The second kappa shape index (κ2) is 5.93. The van der Waals surface area contributed by atoms with Crippen LogP contribution in [0.4, 0.5) is 5.69 Å². The maximum Gasteiger partial charge on any atom is 0.227 e. The van der Waals surface area contributed by atoms with Crippen LogP contribution in [0.5, 0.6) is 0 Å². The van der Waals surface area contributed by atoms with E-state index in [1.54, 1.807) is 18.3 Å². The number of rotatable bonds is 4. The van der Waals surface area contributed by atoms with Crippen LogP contribution in [0.25, 0.3) is 11.5 Å². The van der Waals surface area contributed by atoms with Crippen molar-refractivity contribution in [2.75, 3.05) is 5.73 Å². The molecule has 2 N–H and O–H groups in total. The summed E-state index contributed by atoms with van der Waals surface area (Å²) in [5, 5.41) is 4.50. The zero-order chi connectivity index (χ0) is 14.7. The highest BCUT2D eigenvalue weighted by Gasteiger charge is 2.10. The minimum atomic E-state index is 0.461. The van der Waals surface area contributed by atoms with Crippen LogP contribution in [0.2, 0.25) is 5.02 Å². The topological polar surface area (TPSA) is 77.8 Å². The van der Waals surface area contributed by atoms with Crippen LogP contribution in [-0.2, 0) is 12.8 Å². The molecule has 0 amide bonds. The number of nitrogens with zero attached hydrogens (tertiary/aromatic N) is 3. The second-order valence-electron chi connectivity index (χ2n) is 4.57. The molecule has 0 aliphatic heterocycles. The Kier molecular flexibility index (Phi) is 3.83. The number of anilines is 1. The number of pyridine rings is 1. The van der Waals surface area contributed by atoms with Gasteiger partial charge in [-0.2, -0.15) is 4.98 Å². The Labute approximate surface area is 126 Å². The minimum absolute atomic E-state index is 0.461. The molecule has 2 aromatic heterocycles. The van der Waals surface area contributed by atoms with Crippen LogP contribution in [0.3, 0.4) is 0 Å². The molecule has 0 saturated carbocycles. The molecule has 0 atom stereocenters. The lowest BCUT2D eigenvalue weighted by molar-refractivity contribution is 0.379. The van der Waals surface area contributed by atoms with Gasteiger partial charge in [-0.1, -0.05) is 35.0 Å². The van der Waals surface area contributed by atoms with E-state index in [0.717, 1.165) is 17.7 Å². The lowest BCUT2D eigenvalue weighted by Gasteiger charge is -2.02. The molecule has 0 unspecified atom stereocenters. The highest BCUT2D eigenvalue weighted by atomic mass is 35.5. The summed E-state index contributed by atoms with van der Waals surface area (Å²) in [5.74, 6) is 1.02. The molecule has 1 aromatic carbocycles. The normalized spacial score (nSPS) is 10.7. The molecule has 0 saturated heterocycles. The van der Waals surface area contributed by atoms with Crippen molar-refractivity contribution in [2.45, 2.75) is 12.8 Å². The van der Waals surface area contributed by atoms with E-state index in [4.69, 9.17) is 21.9 Å². The van der Waals surface area contributed by atoms with E-state index in [1.165, 1.54) is 0 Å². The monoisotopic (exact) mass is 300 g/mol. The van der Waals surface area contributed by atoms with Crippen molar-refractivity contribution in [3.63, 3.8) is 0 Å². The Bertz CT molecular complexity index is 739. The highest BCUT2D eigenvalue weighted by molar-refractivity contribution is 6.30. The first-order chi connectivity index (χ1) is 10.2. The Balaban J connectivity index is 1.71. The van der Waals surface area contributed by atoms with Crippen LogP contribution in [0.15, 0.2) is 47.1 Å². The predicted octanol–water partition coefficient (Wildman–Crippen LogP) is 3.15. The van der Waals surface area contributed by atoms with Gasteiger partial charge in [0, 0.05) is 18.3 Å². The van der Waals surface area contributed by atoms with Crippen molar-refractivity contribution in [1.29, 1.82) is 0 Å². The first kappa shape index (κ1) is 13.6. The van der Waals surface area contributed by atoms with Crippen molar-refractivity contribution in [3.05, 3.63) is 59.1 Å². The van der Waals surface area contributed by atoms with Gasteiger partial charge in [0.05, 0.1) is 5.02 Å². The summed E-state index contributed by atoms with van der Waals surface area (Å²) in [6.07, 6.45) is 2.94. The molecule has 0 spiro atoms. The van der Waals surface area contributed by atoms with E-state index >= 15 is 0 Å². The van der Waals surface area contributed by atoms with Gasteiger partial charge in [0.1, 0.15) is 5.69 Å². The van der Waals surface area contributed by atoms with Gasteiger partial charge in [-0.05, 0) is 30.2 Å². The van der Waals surface area contributed by atoms with Gasteiger partial charge in [0.2, 0.25) is 11.7 Å². The van der Waals surface area contributed by atoms with Gasteiger partial charge in [-0.15, -0.1) is 0 Å². The number of nitrogens with two attached hydrogens (primary N) is 1. The number of aryl methyl sites for hydroxylation is 2. The van der Waals surface area contributed by atoms with Gasteiger partial charge >= 0.3 is 0 Å². The third kappa shape index (κ3) is 3.20. The van der Waals surface area contributed by atoms with E-state index in [2.05, 4.69) is 15.1 Å². The van der Waals surface area contributed by atoms with Crippen molar-refractivity contribution in [2.24, 2.45) is 0 Å². The molecule has 0 fully saturated rings. The molecule has 3 rings (SSSR count). The number of hydrogen-bond acceptors (Lipinski definition) is 5. The fourth-order valence-electron chi connectivity index (χ4n) is 1.97. The molecule has 106 valence electrons. The van der Waals surface area contributed by atoms with Gasteiger partial charge < -0.3 is 10.3 Å². The quantitative estimate of drug-likeness (QED) is 0.749. The van der Waals surface area contributed by atoms with Crippen molar-refractivity contribution >= 4 is 17.3 Å². The lowest BCUT2D eigenvalue weighted by Crippen LogP contribution is -1.97. The standard InChI is InChI=1S/C15H13ClN4O/c16-11-6-7-13(18-9-11)15-19-14(21-20-15)8-5-10-3-1-2-4-12(10)17/h1-4,6-7,9H,5,8,17H2. The summed E-state index contributed by atoms with van der Waals surface area (Å²) in [6.45, 7) is 0. The highest BCUT2D eigenvalue weighted by Crippen LogP contribution is 2.17. The molecule has 21 heavy (non-hydrogen) atoms. The number of para-hydroxylation sites is 1. The second-order valence-corrected chi connectivity index (χ2v) is 5.01. The number of halogens is 1. The molecular weight excluding hydrogens is 288 g/mol. The van der Waals surface area contributed by atoms with Crippen LogP contribution in [0, 0.1) is 0 Å². The van der Waals surface area contributed by atoms with Gasteiger partial charge in [-0.25, -0.2) is 0 Å². The molecule has 0 bridgehead atoms. The number of nitrogen functional groups attached to an aromatic ring is 1. The smallest absolute Gasteiger partial charge is 0.227 e. The summed E-state index contributed by atoms with van der Waals surface area (Å²) >= 11 is 5.80. The third-order valence-electron chi connectivity index (χ3n) is 3.09. The maximum absolute atomic E-state index is 5.91. The SMILES string of the molecule is Nc1ccccc1CCc1nc(-c2ccc(Cl)cn2)no1. The Morgan fingerprint density at radius 1 is 1.10 bits per heavy atom. The van der Waals surface area contributed by atoms with Gasteiger partial charge in [0.15, 0.2) is 0 Å². The predicted molar refractivity (Wildman–Crippen MR) is 80.8 cm³/mol. The lowest BCUT2D eigenvalue weighted by atomic mass is 10.1. The van der Waals surface area contributed by atoms with Crippen molar-refractivity contribution in [3.8, 4) is 11.5 Å². The Hall–Kier alpha value is -2.40. The summed E-state index contributed by atoms with van der Waals surface area (Å²) < 4.78 is 5.24. The summed E-state index contributed by atoms with van der Waals surface area (Å²) in [6, 6.07) is 11.2. The fourth-order valence-corrected chi connectivity index (χ4v) is 2.08. The van der Waals surface area contributed by atoms with Crippen molar-refractivity contribution < 1.29 is 4.52 Å².